The number of rotatable bonds is 8. The summed E-state index contributed by atoms with van der Waals surface area (Å²) < 4.78 is 26.4. The second-order valence-corrected chi connectivity index (χ2v) is 9.19. The summed E-state index contributed by atoms with van der Waals surface area (Å²) in [5.41, 5.74) is 0.749. The number of anilines is 1. The van der Waals surface area contributed by atoms with Crippen LogP contribution in [-0.2, 0) is 14.8 Å². The first-order valence-corrected chi connectivity index (χ1v) is 10.9. The Balaban J connectivity index is 1.91. The SMILES string of the molecule is CCCCN(C)S(=O)(=O)c1ccc(NCC(=O)N2CCCC(C)C2)cc1. The highest BCUT2D eigenvalue weighted by Crippen LogP contribution is 2.19. The molecule has 1 aromatic carbocycles. The van der Waals surface area contributed by atoms with Crippen molar-refractivity contribution in [3.63, 3.8) is 0 Å². The average Bonchev–Trinajstić information content (AvgIpc) is 2.64. The highest BCUT2D eigenvalue weighted by atomic mass is 32.2. The fraction of sp³-hybridized carbons (Fsp3) is 0.632. The van der Waals surface area contributed by atoms with Crippen molar-refractivity contribution in [2.24, 2.45) is 5.92 Å². The maximum atomic E-state index is 12.5. The molecule has 0 aromatic heterocycles. The van der Waals surface area contributed by atoms with Crippen LogP contribution in [0.3, 0.4) is 0 Å². The van der Waals surface area contributed by atoms with E-state index in [0.29, 0.717) is 12.5 Å². The van der Waals surface area contributed by atoms with Gasteiger partial charge in [0.1, 0.15) is 0 Å². The molecule has 1 atom stereocenters. The lowest BCUT2D eigenvalue weighted by Crippen LogP contribution is -2.41. The number of unbranched alkanes of at least 4 members (excludes halogenated alkanes) is 1. The molecule has 0 spiro atoms. The van der Waals surface area contributed by atoms with Gasteiger partial charge >= 0.3 is 0 Å². The molecule has 1 aliphatic heterocycles. The average molecular weight is 382 g/mol. The Labute approximate surface area is 157 Å². The molecule has 0 radical (unpaired) electrons. The predicted molar refractivity (Wildman–Crippen MR) is 105 cm³/mol. The summed E-state index contributed by atoms with van der Waals surface area (Å²) in [5.74, 6) is 0.648. The Morgan fingerprint density at radius 3 is 2.62 bits per heavy atom. The maximum absolute atomic E-state index is 12.5. The summed E-state index contributed by atoms with van der Waals surface area (Å²) in [4.78, 5) is 14.5. The van der Waals surface area contributed by atoms with Crippen molar-refractivity contribution in [2.45, 2.75) is 44.4 Å². The predicted octanol–water partition coefficient (Wildman–Crippen LogP) is 2.78. The molecule has 6 nitrogen and oxygen atoms in total. The molecule has 1 aromatic rings. The zero-order valence-corrected chi connectivity index (χ0v) is 16.9. The largest absolute Gasteiger partial charge is 0.376 e. The first-order chi connectivity index (χ1) is 12.3. The van der Waals surface area contributed by atoms with Crippen LogP contribution < -0.4 is 5.32 Å². The van der Waals surface area contributed by atoms with E-state index in [2.05, 4.69) is 12.2 Å². The van der Waals surface area contributed by atoms with Crippen molar-refractivity contribution in [1.29, 1.82) is 0 Å². The van der Waals surface area contributed by atoms with Crippen LogP contribution in [0.2, 0.25) is 0 Å². The highest BCUT2D eigenvalue weighted by molar-refractivity contribution is 7.89. The molecule has 7 heteroatoms. The number of nitrogens with one attached hydrogen (secondary N) is 1. The normalized spacial score (nSPS) is 18.2. The van der Waals surface area contributed by atoms with Gasteiger partial charge in [-0.15, -0.1) is 0 Å². The van der Waals surface area contributed by atoms with Crippen molar-refractivity contribution in [2.75, 3.05) is 38.5 Å². The first-order valence-electron chi connectivity index (χ1n) is 9.42. The Kier molecular flexibility index (Phi) is 7.46. The van der Waals surface area contributed by atoms with Gasteiger partial charge in [0.25, 0.3) is 0 Å². The summed E-state index contributed by atoms with van der Waals surface area (Å²) in [7, 11) is -1.85. The number of sulfonamides is 1. The van der Waals surface area contributed by atoms with E-state index in [1.54, 1.807) is 31.3 Å². The van der Waals surface area contributed by atoms with E-state index in [4.69, 9.17) is 0 Å². The van der Waals surface area contributed by atoms with Gasteiger partial charge < -0.3 is 10.2 Å². The highest BCUT2D eigenvalue weighted by Gasteiger charge is 2.21. The molecule has 0 bridgehead atoms. The van der Waals surface area contributed by atoms with Gasteiger partial charge in [-0.05, 0) is 49.4 Å². The molecule has 1 amide bonds. The zero-order chi connectivity index (χ0) is 19.2. The minimum absolute atomic E-state index is 0.0903. The Hall–Kier alpha value is -1.60. The van der Waals surface area contributed by atoms with Crippen LogP contribution >= 0.6 is 0 Å². The second kappa shape index (κ2) is 9.37. The lowest BCUT2D eigenvalue weighted by atomic mass is 10.0. The van der Waals surface area contributed by atoms with Crippen LogP contribution in [0, 0.1) is 5.92 Å². The second-order valence-electron chi connectivity index (χ2n) is 7.15. The zero-order valence-electron chi connectivity index (χ0n) is 16.1. The fourth-order valence-electron chi connectivity index (χ4n) is 3.13. The van der Waals surface area contributed by atoms with Crippen LogP contribution in [0.15, 0.2) is 29.2 Å². The van der Waals surface area contributed by atoms with Gasteiger partial charge in [0, 0.05) is 32.4 Å². The van der Waals surface area contributed by atoms with E-state index in [1.165, 1.54) is 10.7 Å². The molecule has 1 saturated heterocycles. The third-order valence-electron chi connectivity index (χ3n) is 4.84. The molecule has 1 N–H and O–H groups in total. The molecular weight excluding hydrogens is 350 g/mol. The van der Waals surface area contributed by atoms with Gasteiger partial charge in [-0.1, -0.05) is 20.3 Å². The van der Waals surface area contributed by atoms with Crippen LogP contribution in [-0.4, -0.2) is 56.8 Å². The molecule has 1 heterocycles. The molecule has 0 saturated carbocycles. The molecule has 26 heavy (non-hydrogen) atoms. The van der Waals surface area contributed by atoms with Crippen LogP contribution in [0.1, 0.15) is 39.5 Å². The number of hydrogen-bond donors (Lipinski definition) is 1. The van der Waals surface area contributed by atoms with E-state index in [1.807, 2.05) is 11.8 Å². The number of nitrogens with zero attached hydrogens (tertiary/aromatic N) is 2. The number of hydrogen-bond acceptors (Lipinski definition) is 4. The summed E-state index contributed by atoms with van der Waals surface area (Å²) in [6.07, 6.45) is 4.03. The molecule has 1 unspecified atom stereocenters. The molecular formula is C19H31N3O3S. The quantitative estimate of drug-likeness (QED) is 0.752. The van der Waals surface area contributed by atoms with Crippen molar-refractivity contribution < 1.29 is 13.2 Å². The van der Waals surface area contributed by atoms with Gasteiger partial charge in [0.15, 0.2) is 0 Å². The van der Waals surface area contributed by atoms with Crippen molar-refractivity contribution >= 4 is 21.6 Å². The molecule has 1 aliphatic rings. The van der Waals surface area contributed by atoms with Crippen molar-refractivity contribution in [3.8, 4) is 0 Å². The van der Waals surface area contributed by atoms with E-state index in [9.17, 15) is 13.2 Å². The van der Waals surface area contributed by atoms with E-state index >= 15 is 0 Å². The standard InChI is InChI=1S/C19H31N3O3S/c1-4-5-12-21(3)26(24,25)18-10-8-17(9-11-18)20-14-19(23)22-13-6-7-16(2)15-22/h8-11,16,20H,4-7,12-15H2,1-3H3. The number of carbonyl (C=O) groups is 1. The summed E-state index contributed by atoms with van der Waals surface area (Å²) in [5, 5.41) is 3.10. The smallest absolute Gasteiger partial charge is 0.242 e. The minimum atomic E-state index is -3.45. The van der Waals surface area contributed by atoms with E-state index in [0.717, 1.165) is 38.0 Å². The lowest BCUT2D eigenvalue weighted by molar-refractivity contribution is -0.130. The van der Waals surface area contributed by atoms with Gasteiger partial charge in [0.2, 0.25) is 15.9 Å². The molecule has 146 valence electrons. The Bertz CT molecular complexity index is 688. The van der Waals surface area contributed by atoms with Crippen LogP contribution in [0.25, 0.3) is 0 Å². The molecule has 1 fully saturated rings. The fourth-order valence-corrected chi connectivity index (χ4v) is 4.34. The Morgan fingerprint density at radius 2 is 2.00 bits per heavy atom. The van der Waals surface area contributed by atoms with E-state index < -0.39 is 10.0 Å². The number of carbonyl (C=O) groups excluding carboxylic acids is 1. The van der Waals surface area contributed by atoms with Crippen LogP contribution in [0.4, 0.5) is 5.69 Å². The van der Waals surface area contributed by atoms with Crippen molar-refractivity contribution in [1.82, 2.24) is 9.21 Å². The number of piperidine rings is 1. The Morgan fingerprint density at radius 1 is 1.31 bits per heavy atom. The third-order valence-corrected chi connectivity index (χ3v) is 6.71. The van der Waals surface area contributed by atoms with Gasteiger partial charge in [0.05, 0.1) is 11.4 Å². The summed E-state index contributed by atoms with van der Waals surface area (Å²) in [6.45, 7) is 6.60. The molecule has 2 rings (SSSR count). The minimum Gasteiger partial charge on any atom is -0.376 e. The topological polar surface area (TPSA) is 69.7 Å². The molecule has 0 aliphatic carbocycles. The van der Waals surface area contributed by atoms with Crippen molar-refractivity contribution in [3.05, 3.63) is 24.3 Å². The summed E-state index contributed by atoms with van der Waals surface area (Å²) in [6, 6.07) is 6.61. The first kappa shape index (κ1) is 20.7. The lowest BCUT2D eigenvalue weighted by Gasteiger charge is -2.31. The van der Waals surface area contributed by atoms with E-state index in [-0.39, 0.29) is 17.3 Å². The third kappa shape index (κ3) is 5.45. The van der Waals surface area contributed by atoms with Gasteiger partial charge in [-0.3, -0.25) is 4.79 Å². The number of amides is 1. The number of likely N-dealkylation sites (tertiary alicyclic amines) is 1. The van der Waals surface area contributed by atoms with Gasteiger partial charge in [-0.25, -0.2) is 12.7 Å². The van der Waals surface area contributed by atoms with Gasteiger partial charge in [-0.2, -0.15) is 0 Å². The maximum Gasteiger partial charge on any atom is 0.242 e. The van der Waals surface area contributed by atoms with Crippen LogP contribution in [0.5, 0.6) is 0 Å². The number of benzene rings is 1. The monoisotopic (exact) mass is 381 g/mol. The summed E-state index contributed by atoms with van der Waals surface area (Å²) >= 11 is 0.